The minimum absolute atomic E-state index is 0.463. The van der Waals surface area contributed by atoms with E-state index >= 15 is 0 Å². The summed E-state index contributed by atoms with van der Waals surface area (Å²) in [5.41, 5.74) is 2.65. The molecule has 0 heterocycles. The van der Waals surface area contributed by atoms with Gasteiger partial charge in [0.25, 0.3) is 0 Å². The van der Waals surface area contributed by atoms with Gasteiger partial charge in [0.05, 0.1) is 7.11 Å². The molecule has 0 amide bonds. The molecule has 0 radical (unpaired) electrons. The molecule has 1 atom stereocenters. The van der Waals surface area contributed by atoms with Crippen LogP contribution in [0, 0.1) is 0 Å². The van der Waals surface area contributed by atoms with Crippen LogP contribution in [-0.4, -0.2) is 13.2 Å². The molecule has 2 heteroatoms. The number of nitrogens with one attached hydrogen (secondary N) is 1. The highest BCUT2D eigenvalue weighted by Crippen LogP contribution is 2.11. The molecule has 100 valence electrons. The summed E-state index contributed by atoms with van der Waals surface area (Å²) in [6.45, 7) is 3.11. The Morgan fingerprint density at radius 1 is 0.947 bits per heavy atom. The Morgan fingerprint density at radius 2 is 1.63 bits per heavy atom. The molecule has 1 N–H and O–H groups in total. The van der Waals surface area contributed by atoms with Gasteiger partial charge in [-0.05, 0) is 36.6 Å². The van der Waals surface area contributed by atoms with Crippen molar-refractivity contribution >= 4 is 0 Å². The zero-order valence-corrected chi connectivity index (χ0v) is 11.6. The summed E-state index contributed by atoms with van der Waals surface area (Å²) in [5, 5.41) is 3.54. The lowest BCUT2D eigenvalue weighted by molar-refractivity contribution is 0.414. The van der Waals surface area contributed by atoms with Crippen molar-refractivity contribution in [2.24, 2.45) is 0 Å². The number of ether oxygens (including phenoxy) is 1. The van der Waals surface area contributed by atoms with Crippen LogP contribution in [0.25, 0.3) is 0 Å². The van der Waals surface area contributed by atoms with Gasteiger partial charge in [0, 0.05) is 12.6 Å². The van der Waals surface area contributed by atoms with E-state index in [9.17, 15) is 0 Å². The third kappa shape index (κ3) is 4.42. The van der Waals surface area contributed by atoms with Gasteiger partial charge in [-0.2, -0.15) is 0 Å². The predicted molar refractivity (Wildman–Crippen MR) is 79.4 cm³/mol. The van der Waals surface area contributed by atoms with E-state index in [1.807, 2.05) is 12.1 Å². The Labute approximate surface area is 115 Å². The third-order valence-electron chi connectivity index (χ3n) is 3.20. The van der Waals surface area contributed by atoms with Crippen molar-refractivity contribution in [3.05, 3.63) is 65.7 Å². The Morgan fingerprint density at radius 3 is 2.26 bits per heavy atom. The summed E-state index contributed by atoms with van der Waals surface area (Å²) in [6.07, 6.45) is 1.05. The van der Waals surface area contributed by atoms with Gasteiger partial charge in [0.2, 0.25) is 0 Å². The smallest absolute Gasteiger partial charge is 0.118 e. The Kier molecular flexibility index (Phi) is 4.99. The van der Waals surface area contributed by atoms with Gasteiger partial charge in [-0.3, -0.25) is 0 Å². The summed E-state index contributed by atoms with van der Waals surface area (Å²) in [6, 6.07) is 19.2. The molecule has 0 fully saturated rings. The molecule has 0 aliphatic rings. The van der Waals surface area contributed by atoms with Crippen molar-refractivity contribution < 1.29 is 4.74 Å². The van der Waals surface area contributed by atoms with Crippen molar-refractivity contribution in [3.63, 3.8) is 0 Å². The monoisotopic (exact) mass is 255 g/mol. The van der Waals surface area contributed by atoms with Crippen molar-refractivity contribution in [2.45, 2.75) is 25.9 Å². The van der Waals surface area contributed by atoms with Crippen LogP contribution in [0.15, 0.2) is 54.6 Å². The van der Waals surface area contributed by atoms with Crippen LogP contribution in [0.1, 0.15) is 18.1 Å². The molecule has 0 saturated heterocycles. The van der Waals surface area contributed by atoms with Gasteiger partial charge in [-0.1, -0.05) is 42.5 Å². The first kappa shape index (κ1) is 13.6. The SMILES string of the molecule is COc1ccc(CN[C@@H](C)Cc2ccccc2)cc1. The Balaban J connectivity index is 1.81. The van der Waals surface area contributed by atoms with E-state index in [1.54, 1.807) is 7.11 Å². The first-order valence-corrected chi connectivity index (χ1v) is 6.68. The average Bonchev–Trinajstić information content (AvgIpc) is 2.47. The highest BCUT2D eigenvalue weighted by molar-refractivity contribution is 5.27. The van der Waals surface area contributed by atoms with Crippen LogP contribution < -0.4 is 10.1 Å². The maximum Gasteiger partial charge on any atom is 0.118 e. The maximum atomic E-state index is 5.15. The number of benzene rings is 2. The van der Waals surface area contributed by atoms with Gasteiger partial charge >= 0.3 is 0 Å². The molecule has 0 spiro atoms. The fraction of sp³-hybridized carbons (Fsp3) is 0.294. The molecule has 0 aliphatic heterocycles. The molecule has 2 aromatic rings. The van der Waals surface area contributed by atoms with E-state index in [-0.39, 0.29) is 0 Å². The summed E-state index contributed by atoms with van der Waals surface area (Å²) in [5.74, 6) is 0.904. The van der Waals surface area contributed by atoms with E-state index in [0.29, 0.717) is 6.04 Å². The minimum atomic E-state index is 0.463. The topological polar surface area (TPSA) is 21.3 Å². The van der Waals surface area contributed by atoms with Gasteiger partial charge < -0.3 is 10.1 Å². The fourth-order valence-electron chi connectivity index (χ4n) is 2.08. The first-order chi connectivity index (χ1) is 9.28. The number of rotatable bonds is 6. The first-order valence-electron chi connectivity index (χ1n) is 6.68. The largest absolute Gasteiger partial charge is 0.497 e. The summed E-state index contributed by atoms with van der Waals surface area (Å²) < 4.78 is 5.15. The standard InChI is InChI=1S/C17H21NO/c1-14(12-15-6-4-3-5-7-15)18-13-16-8-10-17(19-2)11-9-16/h3-11,14,18H,12-13H2,1-2H3/t14-/m0/s1. The summed E-state index contributed by atoms with van der Waals surface area (Å²) in [4.78, 5) is 0. The lowest BCUT2D eigenvalue weighted by Crippen LogP contribution is -2.27. The second kappa shape index (κ2) is 6.95. The van der Waals surface area contributed by atoms with Gasteiger partial charge in [-0.15, -0.1) is 0 Å². The number of methoxy groups -OCH3 is 1. The van der Waals surface area contributed by atoms with Crippen molar-refractivity contribution in [1.82, 2.24) is 5.32 Å². The summed E-state index contributed by atoms with van der Waals surface area (Å²) in [7, 11) is 1.69. The molecule has 2 rings (SSSR count). The second-order valence-electron chi connectivity index (χ2n) is 4.82. The highest BCUT2D eigenvalue weighted by atomic mass is 16.5. The zero-order valence-electron chi connectivity index (χ0n) is 11.6. The molecular weight excluding hydrogens is 234 g/mol. The quantitative estimate of drug-likeness (QED) is 0.854. The van der Waals surface area contributed by atoms with E-state index in [4.69, 9.17) is 4.74 Å². The minimum Gasteiger partial charge on any atom is -0.497 e. The fourth-order valence-corrected chi connectivity index (χ4v) is 2.08. The Bertz CT molecular complexity index is 478. The zero-order chi connectivity index (χ0) is 13.5. The summed E-state index contributed by atoms with van der Waals surface area (Å²) >= 11 is 0. The molecular formula is C17H21NO. The molecule has 0 saturated carbocycles. The van der Waals surface area contributed by atoms with E-state index < -0.39 is 0 Å². The molecule has 0 aromatic heterocycles. The lowest BCUT2D eigenvalue weighted by Gasteiger charge is -2.14. The molecule has 2 nitrogen and oxygen atoms in total. The van der Waals surface area contributed by atoms with Crippen LogP contribution in [-0.2, 0) is 13.0 Å². The molecule has 0 aliphatic carbocycles. The number of hydrogen-bond acceptors (Lipinski definition) is 2. The van der Waals surface area contributed by atoms with Crippen molar-refractivity contribution in [2.75, 3.05) is 7.11 Å². The Hall–Kier alpha value is -1.80. The van der Waals surface area contributed by atoms with Gasteiger partial charge in [0.1, 0.15) is 5.75 Å². The molecule has 0 unspecified atom stereocenters. The van der Waals surface area contributed by atoms with E-state index in [0.717, 1.165) is 18.7 Å². The maximum absolute atomic E-state index is 5.15. The molecule has 2 aromatic carbocycles. The second-order valence-corrected chi connectivity index (χ2v) is 4.82. The molecule has 19 heavy (non-hydrogen) atoms. The van der Waals surface area contributed by atoms with Crippen LogP contribution in [0.5, 0.6) is 5.75 Å². The van der Waals surface area contributed by atoms with E-state index in [1.165, 1.54) is 11.1 Å². The van der Waals surface area contributed by atoms with Gasteiger partial charge in [0.15, 0.2) is 0 Å². The van der Waals surface area contributed by atoms with E-state index in [2.05, 4.69) is 54.7 Å². The van der Waals surface area contributed by atoms with Gasteiger partial charge in [-0.25, -0.2) is 0 Å². The van der Waals surface area contributed by atoms with Crippen LogP contribution in [0.4, 0.5) is 0 Å². The van der Waals surface area contributed by atoms with Crippen molar-refractivity contribution in [3.8, 4) is 5.75 Å². The normalized spacial score (nSPS) is 12.1. The third-order valence-corrected chi connectivity index (χ3v) is 3.20. The molecule has 0 bridgehead atoms. The van der Waals surface area contributed by atoms with Crippen LogP contribution in [0.2, 0.25) is 0 Å². The van der Waals surface area contributed by atoms with Crippen LogP contribution >= 0.6 is 0 Å². The average molecular weight is 255 g/mol. The lowest BCUT2D eigenvalue weighted by atomic mass is 10.1. The van der Waals surface area contributed by atoms with Crippen molar-refractivity contribution in [1.29, 1.82) is 0 Å². The predicted octanol–water partition coefficient (Wildman–Crippen LogP) is 3.42. The highest BCUT2D eigenvalue weighted by Gasteiger charge is 2.03. The van der Waals surface area contributed by atoms with Crippen LogP contribution in [0.3, 0.4) is 0 Å². The number of hydrogen-bond donors (Lipinski definition) is 1.